The number of amides is 1. The molecule has 5 rings (SSSR count). The number of imidazole rings is 1. The van der Waals surface area contributed by atoms with E-state index < -0.39 is 0 Å². The summed E-state index contributed by atoms with van der Waals surface area (Å²) in [5.41, 5.74) is 3.63. The average Bonchev–Trinajstić information content (AvgIpc) is 3.52. The minimum atomic E-state index is 0.0760. The fraction of sp³-hybridized carbons (Fsp3) is 0.261. The number of hydrogen-bond donors (Lipinski definition) is 0. The summed E-state index contributed by atoms with van der Waals surface area (Å²) in [6, 6.07) is 15.6. The number of benzene rings is 1. The molecule has 3 aromatic heterocycles. The van der Waals surface area contributed by atoms with E-state index in [1.54, 1.807) is 12.5 Å². The molecule has 0 aliphatic carbocycles. The molecule has 0 unspecified atom stereocenters. The normalized spacial score (nSPS) is 16.6. The zero-order valence-corrected chi connectivity index (χ0v) is 16.3. The van der Waals surface area contributed by atoms with Gasteiger partial charge in [-0.3, -0.25) is 4.79 Å². The Labute approximate surface area is 168 Å². The Bertz CT molecular complexity index is 1150. The summed E-state index contributed by atoms with van der Waals surface area (Å²) in [4.78, 5) is 24.2. The SMILES string of the molecule is CCc1ccc(C(=O)N2CC[C@@H](n3c(-c4ccco4)nc4cccnc43)C2)cc1. The van der Waals surface area contributed by atoms with Crippen LogP contribution < -0.4 is 0 Å². The zero-order chi connectivity index (χ0) is 19.8. The number of pyridine rings is 1. The second-order valence-electron chi connectivity index (χ2n) is 7.37. The van der Waals surface area contributed by atoms with Crippen molar-refractivity contribution < 1.29 is 9.21 Å². The molecule has 0 spiro atoms. The number of hydrogen-bond acceptors (Lipinski definition) is 4. The van der Waals surface area contributed by atoms with Crippen molar-refractivity contribution in [3.05, 3.63) is 72.1 Å². The van der Waals surface area contributed by atoms with Crippen LogP contribution in [0, 0.1) is 0 Å². The summed E-state index contributed by atoms with van der Waals surface area (Å²) < 4.78 is 7.75. The minimum Gasteiger partial charge on any atom is -0.461 e. The van der Waals surface area contributed by atoms with Crippen molar-refractivity contribution in [2.45, 2.75) is 25.8 Å². The van der Waals surface area contributed by atoms with Gasteiger partial charge in [0.05, 0.1) is 12.3 Å². The molecule has 0 radical (unpaired) electrons. The first-order valence-electron chi connectivity index (χ1n) is 9.99. The van der Waals surface area contributed by atoms with Gasteiger partial charge in [0, 0.05) is 24.8 Å². The molecular formula is C23H22N4O2. The van der Waals surface area contributed by atoms with Crippen LogP contribution in [0.25, 0.3) is 22.7 Å². The lowest BCUT2D eigenvalue weighted by Gasteiger charge is -2.18. The van der Waals surface area contributed by atoms with E-state index in [0.29, 0.717) is 18.8 Å². The molecule has 1 atom stereocenters. The van der Waals surface area contributed by atoms with E-state index in [4.69, 9.17) is 9.40 Å². The first kappa shape index (κ1) is 17.7. The van der Waals surface area contributed by atoms with E-state index in [1.165, 1.54) is 5.56 Å². The number of aryl methyl sites for hydroxylation is 1. The molecule has 29 heavy (non-hydrogen) atoms. The maximum absolute atomic E-state index is 13.0. The van der Waals surface area contributed by atoms with Crippen LogP contribution in [0.15, 0.2) is 65.4 Å². The van der Waals surface area contributed by atoms with E-state index in [1.807, 2.05) is 53.4 Å². The van der Waals surface area contributed by atoms with Gasteiger partial charge in [-0.05, 0) is 54.8 Å². The molecule has 1 aromatic carbocycles. The quantitative estimate of drug-likeness (QED) is 0.523. The van der Waals surface area contributed by atoms with Crippen LogP contribution in [0.4, 0.5) is 0 Å². The van der Waals surface area contributed by atoms with Gasteiger partial charge in [-0.25, -0.2) is 9.97 Å². The first-order chi connectivity index (χ1) is 14.2. The maximum atomic E-state index is 13.0. The molecule has 1 saturated heterocycles. The number of nitrogens with zero attached hydrogens (tertiary/aromatic N) is 4. The van der Waals surface area contributed by atoms with Gasteiger partial charge in [0.25, 0.3) is 5.91 Å². The number of carbonyl (C=O) groups excluding carboxylic acids is 1. The van der Waals surface area contributed by atoms with E-state index in [-0.39, 0.29) is 11.9 Å². The molecule has 4 aromatic rings. The first-order valence-corrected chi connectivity index (χ1v) is 9.99. The number of furan rings is 1. The van der Waals surface area contributed by atoms with Crippen LogP contribution >= 0.6 is 0 Å². The highest BCUT2D eigenvalue weighted by Crippen LogP contribution is 2.32. The second-order valence-corrected chi connectivity index (χ2v) is 7.37. The molecule has 1 aliphatic heterocycles. The summed E-state index contributed by atoms with van der Waals surface area (Å²) in [6.45, 7) is 3.45. The van der Waals surface area contributed by atoms with Gasteiger partial charge in [0.2, 0.25) is 0 Å². The molecule has 6 heteroatoms. The Kier molecular flexibility index (Phi) is 4.39. The predicted molar refractivity (Wildman–Crippen MR) is 111 cm³/mol. The third-order valence-electron chi connectivity index (χ3n) is 5.62. The van der Waals surface area contributed by atoms with Crippen molar-refractivity contribution in [1.82, 2.24) is 19.4 Å². The van der Waals surface area contributed by atoms with Gasteiger partial charge in [-0.15, -0.1) is 0 Å². The number of carbonyl (C=O) groups is 1. The van der Waals surface area contributed by atoms with Crippen molar-refractivity contribution in [2.24, 2.45) is 0 Å². The van der Waals surface area contributed by atoms with Crippen molar-refractivity contribution in [3.8, 4) is 11.6 Å². The van der Waals surface area contributed by atoms with Crippen molar-refractivity contribution in [3.63, 3.8) is 0 Å². The summed E-state index contributed by atoms with van der Waals surface area (Å²) in [6.07, 6.45) is 5.25. The lowest BCUT2D eigenvalue weighted by Crippen LogP contribution is -2.29. The number of fused-ring (bicyclic) bond motifs is 1. The topological polar surface area (TPSA) is 64.2 Å². The van der Waals surface area contributed by atoms with Crippen LogP contribution in [-0.4, -0.2) is 38.4 Å². The standard InChI is InChI=1S/C23H22N4O2/c1-2-16-7-9-17(10-8-16)23(28)26-13-11-18(15-26)27-21-19(5-3-12-24-21)25-22(27)20-6-4-14-29-20/h3-10,12,14,18H,2,11,13,15H2,1H3/t18-/m1/s1. The molecule has 0 saturated carbocycles. The minimum absolute atomic E-state index is 0.0760. The Morgan fingerprint density at radius 1 is 1.17 bits per heavy atom. The van der Waals surface area contributed by atoms with Crippen LogP contribution in [0.5, 0.6) is 0 Å². The van der Waals surface area contributed by atoms with Gasteiger partial charge >= 0.3 is 0 Å². The Morgan fingerprint density at radius 3 is 2.79 bits per heavy atom. The van der Waals surface area contributed by atoms with E-state index in [0.717, 1.165) is 35.4 Å². The lowest BCUT2D eigenvalue weighted by molar-refractivity contribution is 0.0788. The van der Waals surface area contributed by atoms with Crippen molar-refractivity contribution in [1.29, 1.82) is 0 Å². The molecular weight excluding hydrogens is 364 g/mol. The third-order valence-corrected chi connectivity index (χ3v) is 5.62. The van der Waals surface area contributed by atoms with Gasteiger partial charge in [-0.1, -0.05) is 19.1 Å². The average molecular weight is 386 g/mol. The molecule has 0 N–H and O–H groups in total. The molecule has 6 nitrogen and oxygen atoms in total. The molecule has 0 bridgehead atoms. The maximum Gasteiger partial charge on any atom is 0.253 e. The van der Waals surface area contributed by atoms with Crippen molar-refractivity contribution in [2.75, 3.05) is 13.1 Å². The monoisotopic (exact) mass is 386 g/mol. The Balaban J connectivity index is 1.46. The molecule has 4 heterocycles. The number of rotatable bonds is 4. The number of aromatic nitrogens is 3. The largest absolute Gasteiger partial charge is 0.461 e. The highest BCUT2D eigenvalue weighted by molar-refractivity contribution is 5.94. The van der Waals surface area contributed by atoms with Gasteiger partial charge in [0.15, 0.2) is 17.2 Å². The smallest absolute Gasteiger partial charge is 0.253 e. The Morgan fingerprint density at radius 2 is 2.03 bits per heavy atom. The van der Waals surface area contributed by atoms with Crippen LogP contribution in [0.2, 0.25) is 0 Å². The number of likely N-dealkylation sites (tertiary alicyclic amines) is 1. The van der Waals surface area contributed by atoms with Crippen LogP contribution in [0.1, 0.15) is 35.3 Å². The predicted octanol–water partition coefficient (Wildman–Crippen LogP) is 4.34. The van der Waals surface area contributed by atoms with E-state index in [9.17, 15) is 4.79 Å². The van der Waals surface area contributed by atoms with Gasteiger partial charge in [0.1, 0.15) is 5.52 Å². The van der Waals surface area contributed by atoms with Crippen LogP contribution in [-0.2, 0) is 6.42 Å². The molecule has 1 aliphatic rings. The Hall–Kier alpha value is -3.41. The highest BCUT2D eigenvalue weighted by atomic mass is 16.3. The van der Waals surface area contributed by atoms with E-state index >= 15 is 0 Å². The second kappa shape index (κ2) is 7.20. The van der Waals surface area contributed by atoms with Gasteiger partial charge < -0.3 is 13.9 Å². The summed E-state index contributed by atoms with van der Waals surface area (Å²) in [7, 11) is 0. The lowest BCUT2D eigenvalue weighted by atomic mass is 10.1. The molecule has 1 fully saturated rings. The highest BCUT2D eigenvalue weighted by Gasteiger charge is 2.31. The third kappa shape index (κ3) is 3.10. The zero-order valence-electron chi connectivity index (χ0n) is 16.3. The van der Waals surface area contributed by atoms with Crippen LogP contribution in [0.3, 0.4) is 0 Å². The summed E-state index contributed by atoms with van der Waals surface area (Å²) in [5.74, 6) is 1.55. The fourth-order valence-electron chi connectivity index (χ4n) is 4.06. The van der Waals surface area contributed by atoms with Crippen molar-refractivity contribution >= 4 is 17.1 Å². The van der Waals surface area contributed by atoms with E-state index in [2.05, 4.69) is 16.5 Å². The molecule has 146 valence electrons. The fourth-order valence-corrected chi connectivity index (χ4v) is 4.06. The summed E-state index contributed by atoms with van der Waals surface area (Å²) in [5, 5.41) is 0. The molecule has 1 amide bonds. The summed E-state index contributed by atoms with van der Waals surface area (Å²) >= 11 is 0. The van der Waals surface area contributed by atoms with Gasteiger partial charge in [-0.2, -0.15) is 0 Å².